The molecule has 138 valence electrons. The number of pyridine rings is 1. The van der Waals surface area contributed by atoms with Gasteiger partial charge in [-0.3, -0.25) is 9.59 Å². The number of hydrogen-bond acceptors (Lipinski definition) is 2. The first-order valence-corrected chi connectivity index (χ1v) is 8.75. The number of amides is 1. The van der Waals surface area contributed by atoms with Gasteiger partial charge in [-0.1, -0.05) is 29.8 Å². The second-order valence-corrected chi connectivity index (χ2v) is 6.69. The third kappa shape index (κ3) is 4.09. The van der Waals surface area contributed by atoms with Crippen LogP contribution in [-0.4, -0.2) is 10.5 Å². The Kier molecular flexibility index (Phi) is 5.42. The van der Waals surface area contributed by atoms with Crippen LogP contribution in [0.5, 0.6) is 0 Å². The maximum absolute atomic E-state index is 14.0. The second-order valence-electron chi connectivity index (χ2n) is 6.29. The van der Waals surface area contributed by atoms with Gasteiger partial charge in [-0.25, -0.2) is 4.39 Å². The van der Waals surface area contributed by atoms with Crippen LogP contribution in [0.25, 0.3) is 0 Å². The van der Waals surface area contributed by atoms with Gasteiger partial charge in [0.1, 0.15) is 5.82 Å². The topological polar surface area (TPSA) is 51.1 Å². The number of nitrogens with zero attached hydrogens (tertiary/aromatic N) is 1. The van der Waals surface area contributed by atoms with Crippen molar-refractivity contribution in [3.05, 3.63) is 98.2 Å². The van der Waals surface area contributed by atoms with Gasteiger partial charge < -0.3 is 9.88 Å². The molecule has 0 bridgehead atoms. The molecule has 0 fully saturated rings. The Morgan fingerprint density at radius 2 is 1.85 bits per heavy atom. The zero-order chi connectivity index (χ0) is 19.6. The third-order valence-electron chi connectivity index (χ3n) is 4.49. The first-order valence-electron chi connectivity index (χ1n) is 8.38. The fourth-order valence-corrected chi connectivity index (χ4v) is 2.95. The Morgan fingerprint density at radius 1 is 1.11 bits per heavy atom. The summed E-state index contributed by atoms with van der Waals surface area (Å²) in [5.74, 6) is -0.850. The minimum absolute atomic E-state index is 0.0606. The van der Waals surface area contributed by atoms with E-state index in [2.05, 4.69) is 5.32 Å². The quantitative estimate of drug-likeness (QED) is 0.717. The molecule has 3 aromatic rings. The van der Waals surface area contributed by atoms with Gasteiger partial charge in [-0.2, -0.15) is 0 Å². The van der Waals surface area contributed by atoms with Gasteiger partial charge in [-0.15, -0.1) is 0 Å². The maximum Gasteiger partial charge on any atom is 0.257 e. The maximum atomic E-state index is 14.0. The van der Waals surface area contributed by atoms with Crippen molar-refractivity contribution >= 4 is 23.2 Å². The summed E-state index contributed by atoms with van der Waals surface area (Å²) in [4.78, 5) is 24.7. The number of hydrogen-bond donors (Lipinski definition) is 1. The van der Waals surface area contributed by atoms with Gasteiger partial charge in [0.25, 0.3) is 11.5 Å². The summed E-state index contributed by atoms with van der Waals surface area (Å²) in [6, 6.07) is 12.7. The molecule has 0 aliphatic carbocycles. The van der Waals surface area contributed by atoms with E-state index in [9.17, 15) is 14.0 Å². The van der Waals surface area contributed by atoms with Crippen LogP contribution in [0.3, 0.4) is 0 Å². The first kappa shape index (κ1) is 18.9. The number of rotatable bonds is 4. The number of anilines is 1. The van der Waals surface area contributed by atoms with Crippen LogP contribution in [-0.2, 0) is 6.54 Å². The number of aromatic nitrogens is 1. The van der Waals surface area contributed by atoms with E-state index in [1.54, 1.807) is 6.07 Å². The Morgan fingerprint density at radius 3 is 2.59 bits per heavy atom. The lowest BCUT2D eigenvalue weighted by atomic mass is 10.1. The average molecular weight is 385 g/mol. The van der Waals surface area contributed by atoms with Gasteiger partial charge in [0.2, 0.25) is 0 Å². The molecule has 0 aliphatic heterocycles. The highest BCUT2D eigenvalue weighted by atomic mass is 35.5. The van der Waals surface area contributed by atoms with Crippen molar-refractivity contribution in [3.63, 3.8) is 0 Å². The summed E-state index contributed by atoms with van der Waals surface area (Å²) in [6.45, 7) is 3.82. The van der Waals surface area contributed by atoms with Crippen molar-refractivity contribution in [1.82, 2.24) is 4.57 Å². The molecule has 27 heavy (non-hydrogen) atoms. The minimum Gasteiger partial charge on any atom is -0.322 e. The molecule has 3 rings (SSSR count). The zero-order valence-electron chi connectivity index (χ0n) is 14.9. The summed E-state index contributed by atoms with van der Waals surface area (Å²) < 4.78 is 15.3. The highest BCUT2D eigenvalue weighted by molar-refractivity contribution is 6.31. The van der Waals surface area contributed by atoms with E-state index in [0.29, 0.717) is 11.3 Å². The third-order valence-corrected chi connectivity index (χ3v) is 4.84. The second kappa shape index (κ2) is 7.76. The molecule has 1 heterocycles. The van der Waals surface area contributed by atoms with Crippen LogP contribution < -0.4 is 10.9 Å². The molecule has 0 unspecified atom stereocenters. The Labute approximate surface area is 161 Å². The van der Waals surface area contributed by atoms with Crippen molar-refractivity contribution in [1.29, 1.82) is 0 Å². The molecule has 0 spiro atoms. The predicted molar refractivity (Wildman–Crippen MR) is 105 cm³/mol. The summed E-state index contributed by atoms with van der Waals surface area (Å²) in [7, 11) is 0. The molecule has 0 aliphatic rings. The van der Waals surface area contributed by atoms with Crippen LogP contribution in [0.15, 0.2) is 59.5 Å². The van der Waals surface area contributed by atoms with Gasteiger partial charge in [0, 0.05) is 28.5 Å². The molecule has 0 radical (unpaired) electrons. The van der Waals surface area contributed by atoms with E-state index in [0.717, 1.165) is 11.1 Å². The Bertz CT molecular complexity index is 1060. The molecule has 0 saturated carbocycles. The van der Waals surface area contributed by atoms with Crippen LogP contribution in [0.2, 0.25) is 5.02 Å². The molecule has 1 N–H and O–H groups in total. The number of halogens is 2. The number of nitrogens with one attached hydrogen (secondary N) is 1. The van der Waals surface area contributed by atoms with Crippen LogP contribution in [0.1, 0.15) is 27.0 Å². The van der Waals surface area contributed by atoms with Crippen molar-refractivity contribution in [2.45, 2.75) is 20.4 Å². The highest BCUT2D eigenvalue weighted by Gasteiger charge is 2.13. The molecule has 2 aromatic carbocycles. The molecule has 0 atom stereocenters. The molecule has 1 aromatic heterocycles. The number of carbonyl (C=O) groups excluding carboxylic acids is 1. The largest absolute Gasteiger partial charge is 0.322 e. The van der Waals surface area contributed by atoms with Gasteiger partial charge in [-0.05, 0) is 49.2 Å². The summed E-state index contributed by atoms with van der Waals surface area (Å²) >= 11 is 6.04. The van der Waals surface area contributed by atoms with E-state index in [-0.39, 0.29) is 28.6 Å². The number of carbonyl (C=O) groups is 1. The van der Waals surface area contributed by atoms with Crippen LogP contribution >= 0.6 is 11.6 Å². The monoisotopic (exact) mass is 384 g/mol. The van der Waals surface area contributed by atoms with E-state index in [1.165, 1.54) is 35.0 Å². The average Bonchev–Trinajstić information content (AvgIpc) is 2.63. The van der Waals surface area contributed by atoms with Crippen LogP contribution in [0.4, 0.5) is 10.1 Å². The summed E-state index contributed by atoms with van der Waals surface area (Å²) in [6.07, 6.45) is 1.41. The molecule has 6 heteroatoms. The summed E-state index contributed by atoms with van der Waals surface area (Å²) in [5.41, 5.74) is 2.88. The van der Waals surface area contributed by atoms with Crippen molar-refractivity contribution < 1.29 is 9.18 Å². The van der Waals surface area contributed by atoms with Gasteiger partial charge >= 0.3 is 0 Å². The van der Waals surface area contributed by atoms with Gasteiger partial charge in [0.05, 0.1) is 12.1 Å². The van der Waals surface area contributed by atoms with E-state index in [1.807, 2.05) is 32.0 Å². The lowest BCUT2D eigenvalue weighted by Crippen LogP contribution is -2.23. The molecule has 0 saturated heterocycles. The molecule has 4 nitrogen and oxygen atoms in total. The minimum atomic E-state index is -0.500. The standard InChI is InChI=1S/C21H18ClFN2O2/c1-13-5-3-8-19(14(13)2)24-21(27)15-9-10-20(26)25(11-15)12-16-17(22)6-4-7-18(16)23/h3-11H,12H2,1-2H3,(H,24,27). The van der Waals surface area contributed by atoms with Crippen molar-refractivity contribution in [2.24, 2.45) is 0 Å². The molecular weight excluding hydrogens is 367 g/mol. The predicted octanol–water partition coefficient (Wildman–Crippen LogP) is 4.56. The van der Waals surface area contributed by atoms with E-state index >= 15 is 0 Å². The molecular formula is C21H18ClFN2O2. The van der Waals surface area contributed by atoms with Gasteiger partial charge in [0.15, 0.2) is 0 Å². The number of aryl methyl sites for hydroxylation is 1. The SMILES string of the molecule is Cc1cccc(NC(=O)c2ccc(=O)n(Cc3c(F)cccc3Cl)c2)c1C. The fraction of sp³-hybridized carbons (Fsp3) is 0.143. The smallest absolute Gasteiger partial charge is 0.257 e. The van der Waals surface area contributed by atoms with Crippen molar-refractivity contribution in [3.8, 4) is 0 Å². The van der Waals surface area contributed by atoms with Crippen LogP contribution in [0, 0.1) is 19.7 Å². The number of benzene rings is 2. The zero-order valence-corrected chi connectivity index (χ0v) is 15.7. The fourth-order valence-electron chi connectivity index (χ4n) is 2.72. The Hall–Kier alpha value is -2.92. The highest BCUT2D eigenvalue weighted by Crippen LogP contribution is 2.21. The van der Waals surface area contributed by atoms with E-state index in [4.69, 9.17) is 11.6 Å². The first-order chi connectivity index (χ1) is 12.9. The Balaban J connectivity index is 1.90. The summed E-state index contributed by atoms with van der Waals surface area (Å²) in [5, 5.41) is 3.08. The van der Waals surface area contributed by atoms with Crippen molar-refractivity contribution in [2.75, 3.05) is 5.32 Å². The van der Waals surface area contributed by atoms with E-state index < -0.39 is 5.82 Å². The molecule has 1 amide bonds. The lowest BCUT2D eigenvalue weighted by Gasteiger charge is -2.12. The lowest BCUT2D eigenvalue weighted by molar-refractivity contribution is 0.102. The normalized spacial score (nSPS) is 10.7.